The van der Waals surface area contributed by atoms with E-state index in [2.05, 4.69) is 14.5 Å². The summed E-state index contributed by atoms with van der Waals surface area (Å²) in [5, 5.41) is 9.23. The van der Waals surface area contributed by atoms with Crippen LogP contribution in [0.4, 0.5) is 0 Å². The molecule has 2 heterocycles. The Bertz CT molecular complexity index is 1040. The lowest BCUT2D eigenvalue weighted by Gasteiger charge is -2.14. The molecule has 0 atom stereocenters. The molecule has 3 aromatic rings. The van der Waals surface area contributed by atoms with E-state index in [1.54, 1.807) is 12.3 Å². The number of carboxylic acid groups (broad SMARTS) is 1. The van der Waals surface area contributed by atoms with Crippen molar-refractivity contribution in [2.75, 3.05) is 6.61 Å². The first-order valence-corrected chi connectivity index (χ1v) is 10.0. The largest absolute Gasteiger partial charge is 0.489 e. The van der Waals surface area contributed by atoms with Gasteiger partial charge in [-0.2, -0.15) is 0 Å². The number of hydrogen-bond acceptors (Lipinski definition) is 4. The molecule has 0 saturated carbocycles. The van der Waals surface area contributed by atoms with Crippen LogP contribution < -0.4 is 4.74 Å². The van der Waals surface area contributed by atoms with Crippen molar-refractivity contribution >= 4 is 17.6 Å². The molecular formula is C23H24ClN3O3. The fraction of sp³-hybridized carbons (Fsp3) is 0.261. The Balaban J connectivity index is 1.76. The van der Waals surface area contributed by atoms with E-state index in [1.807, 2.05) is 56.5 Å². The van der Waals surface area contributed by atoms with Crippen molar-refractivity contribution in [3.8, 4) is 17.1 Å². The van der Waals surface area contributed by atoms with Crippen LogP contribution >= 0.6 is 11.6 Å². The quantitative estimate of drug-likeness (QED) is 0.379. The molecule has 0 amide bonds. The number of aryl methyl sites for hydroxylation is 1. The fourth-order valence-corrected chi connectivity index (χ4v) is 3.14. The molecule has 0 aliphatic rings. The van der Waals surface area contributed by atoms with Crippen molar-refractivity contribution in [1.82, 2.24) is 14.5 Å². The number of aliphatic carboxylic acids is 1. The monoisotopic (exact) mass is 425 g/mol. The molecule has 30 heavy (non-hydrogen) atoms. The second-order valence-corrected chi connectivity index (χ2v) is 7.43. The number of allylic oxidation sites excluding steroid dienone is 1. The second kappa shape index (κ2) is 10.1. The summed E-state index contributed by atoms with van der Waals surface area (Å²) in [7, 11) is 0. The first kappa shape index (κ1) is 21.6. The number of carboxylic acids is 1. The Labute approximate surface area is 180 Å². The first-order chi connectivity index (χ1) is 14.4. The highest BCUT2D eigenvalue weighted by molar-refractivity contribution is 6.29. The lowest BCUT2D eigenvalue weighted by molar-refractivity contribution is -0.136. The second-order valence-electron chi connectivity index (χ2n) is 7.04. The number of para-hydroxylation sites is 1. The summed E-state index contributed by atoms with van der Waals surface area (Å²) < 4.78 is 8.09. The maximum Gasteiger partial charge on any atom is 0.303 e. The zero-order valence-electron chi connectivity index (χ0n) is 17.0. The minimum absolute atomic E-state index is 0.126. The number of carbonyl (C=O) groups is 1. The van der Waals surface area contributed by atoms with Crippen LogP contribution in [0.1, 0.15) is 31.0 Å². The van der Waals surface area contributed by atoms with E-state index in [1.165, 1.54) is 0 Å². The van der Waals surface area contributed by atoms with Crippen molar-refractivity contribution in [3.05, 3.63) is 76.9 Å². The molecule has 0 spiro atoms. The maximum absolute atomic E-state index is 10.7. The van der Waals surface area contributed by atoms with E-state index in [0.29, 0.717) is 24.7 Å². The number of rotatable bonds is 9. The van der Waals surface area contributed by atoms with Crippen LogP contribution in [0.5, 0.6) is 5.75 Å². The molecule has 1 aromatic carbocycles. The highest BCUT2D eigenvalue weighted by Gasteiger charge is 2.12. The minimum Gasteiger partial charge on any atom is -0.489 e. The third-order valence-electron chi connectivity index (χ3n) is 4.75. The number of hydrogen-bond donors (Lipinski definition) is 1. The molecular weight excluding hydrogens is 402 g/mol. The minimum atomic E-state index is -0.795. The molecule has 0 aliphatic heterocycles. The predicted molar refractivity (Wildman–Crippen MR) is 117 cm³/mol. The topological polar surface area (TPSA) is 77.2 Å². The Morgan fingerprint density at radius 3 is 2.70 bits per heavy atom. The molecule has 1 N–H and O–H groups in total. The Morgan fingerprint density at radius 2 is 1.97 bits per heavy atom. The molecule has 0 aliphatic carbocycles. The molecule has 7 heteroatoms. The Kier molecular flexibility index (Phi) is 7.25. The third kappa shape index (κ3) is 5.70. The number of imidazole rings is 1. The van der Waals surface area contributed by atoms with E-state index in [9.17, 15) is 4.79 Å². The normalized spacial score (nSPS) is 11.5. The van der Waals surface area contributed by atoms with Crippen molar-refractivity contribution < 1.29 is 14.6 Å². The van der Waals surface area contributed by atoms with Crippen molar-refractivity contribution in [3.63, 3.8) is 0 Å². The molecule has 0 unspecified atom stereocenters. The summed E-state index contributed by atoms with van der Waals surface area (Å²) in [6.45, 7) is 4.92. The SMILES string of the molecule is CC(=CCOc1ccccc1Cn1c(C)cnc1-c1ccc(Cl)nc1)CCC(=O)O. The van der Waals surface area contributed by atoms with Gasteiger partial charge in [-0.25, -0.2) is 9.97 Å². The van der Waals surface area contributed by atoms with Gasteiger partial charge in [-0.15, -0.1) is 0 Å². The van der Waals surface area contributed by atoms with Gasteiger partial charge in [0.1, 0.15) is 23.3 Å². The zero-order valence-corrected chi connectivity index (χ0v) is 17.8. The van der Waals surface area contributed by atoms with Crippen molar-refractivity contribution in [2.24, 2.45) is 0 Å². The Hall–Kier alpha value is -3.12. The third-order valence-corrected chi connectivity index (χ3v) is 4.97. The standard InChI is InChI=1S/C23H24ClN3O3/c1-16(7-10-22(28)29)11-12-30-20-6-4-3-5-19(20)15-27-17(2)13-26-23(27)18-8-9-21(24)25-14-18/h3-6,8-9,11,13-14H,7,10,12,15H2,1-2H3,(H,28,29). The first-order valence-electron chi connectivity index (χ1n) is 9.66. The number of pyridine rings is 1. The molecule has 2 aromatic heterocycles. The van der Waals surface area contributed by atoms with Gasteiger partial charge in [0.2, 0.25) is 0 Å². The number of ether oxygens (including phenoxy) is 1. The van der Waals surface area contributed by atoms with Gasteiger partial charge in [-0.05, 0) is 44.5 Å². The van der Waals surface area contributed by atoms with Gasteiger partial charge in [0, 0.05) is 35.6 Å². The average Bonchev–Trinajstić information content (AvgIpc) is 3.08. The van der Waals surface area contributed by atoms with Crippen molar-refractivity contribution in [2.45, 2.75) is 33.2 Å². The van der Waals surface area contributed by atoms with E-state index < -0.39 is 5.97 Å². The Morgan fingerprint density at radius 1 is 1.17 bits per heavy atom. The van der Waals surface area contributed by atoms with Gasteiger partial charge >= 0.3 is 5.97 Å². The van der Waals surface area contributed by atoms with Gasteiger partial charge in [0.05, 0.1) is 6.54 Å². The van der Waals surface area contributed by atoms with E-state index in [0.717, 1.165) is 34.0 Å². The molecule has 0 saturated heterocycles. The highest BCUT2D eigenvalue weighted by atomic mass is 35.5. The smallest absolute Gasteiger partial charge is 0.303 e. The van der Waals surface area contributed by atoms with Crippen LogP contribution in [0.15, 0.2) is 60.4 Å². The molecule has 0 bridgehead atoms. The number of benzene rings is 1. The van der Waals surface area contributed by atoms with Crippen LogP contribution in [0.2, 0.25) is 5.15 Å². The van der Waals surface area contributed by atoms with E-state index in [4.69, 9.17) is 21.4 Å². The van der Waals surface area contributed by atoms with Crippen LogP contribution in [0, 0.1) is 6.92 Å². The summed E-state index contributed by atoms with van der Waals surface area (Å²) in [6, 6.07) is 11.5. The molecule has 156 valence electrons. The van der Waals surface area contributed by atoms with Gasteiger partial charge in [-0.1, -0.05) is 35.4 Å². The van der Waals surface area contributed by atoms with Crippen LogP contribution in [-0.4, -0.2) is 32.2 Å². The predicted octanol–water partition coefficient (Wildman–Crippen LogP) is 5.15. The lowest BCUT2D eigenvalue weighted by atomic mass is 10.1. The van der Waals surface area contributed by atoms with E-state index in [-0.39, 0.29) is 6.42 Å². The van der Waals surface area contributed by atoms with Crippen LogP contribution in [0.3, 0.4) is 0 Å². The summed E-state index contributed by atoms with van der Waals surface area (Å²) in [6.07, 6.45) is 6.12. The average molecular weight is 426 g/mol. The number of halogens is 1. The summed E-state index contributed by atoms with van der Waals surface area (Å²) >= 11 is 5.91. The number of nitrogens with zero attached hydrogens (tertiary/aromatic N) is 3. The van der Waals surface area contributed by atoms with Gasteiger partial charge in [-0.3, -0.25) is 4.79 Å². The molecule has 0 radical (unpaired) electrons. The highest BCUT2D eigenvalue weighted by Crippen LogP contribution is 2.25. The lowest BCUT2D eigenvalue weighted by Crippen LogP contribution is -2.07. The van der Waals surface area contributed by atoms with E-state index >= 15 is 0 Å². The maximum atomic E-state index is 10.7. The summed E-state index contributed by atoms with van der Waals surface area (Å²) in [5.74, 6) is 0.806. The van der Waals surface area contributed by atoms with Gasteiger partial charge in [0.15, 0.2) is 0 Å². The van der Waals surface area contributed by atoms with Crippen LogP contribution in [0.25, 0.3) is 11.4 Å². The zero-order chi connectivity index (χ0) is 21.5. The summed E-state index contributed by atoms with van der Waals surface area (Å²) in [5.41, 5.74) is 3.94. The van der Waals surface area contributed by atoms with Crippen molar-refractivity contribution in [1.29, 1.82) is 0 Å². The fourth-order valence-electron chi connectivity index (χ4n) is 3.02. The molecule has 0 fully saturated rings. The molecule has 3 rings (SSSR count). The molecule has 6 nitrogen and oxygen atoms in total. The van der Waals surface area contributed by atoms with Gasteiger partial charge in [0.25, 0.3) is 0 Å². The van der Waals surface area contributed by atoms with Crippen LogP contribution in [-0.2, 0) is 11.3 Å². The van der Waals surface area contributed by atoms with Gasteiger partial charge < -0.3 is 14.4 Å². The summed E-state index contributed by atoms with van der Waals surface area (Å²) in [4.78, 5) is 19.4. The number of aromatic nitrogens is 3.